The van der Waals surface area contributed by atoms with Gasteiger partial charge in [0.1, 0.15) is 0 Å². The van der Waals surface area contributed by atoms with Gasteiger partial charge in [0, 0.05) is 17.2 Å². The van der Waals surface area contributed by atoms with E-state index in [1.165, 1.54) is 12.7 Å². The monoisotopic (exact) mass is 379 g/mol. The van der Waals surface area contributed by atoms with Crippen molar-refractivity contribution in [3.05, 3.63) is 64.7 Å². The first-order chi connectivity index (χ1) is 13.6. The molecule has 0 aromatic heterocycles. The number of nitrogens with one attached hydrogen (secondary N) is 1. The molecule has 1 aliphatic heterocycles. The topological polar surface area (TPSA) is 56.8 Å². The predicted octanol–water partition coefficient (Wildman–Crippen LogP) is 4.63. The van der Waals surface area contributed by atoms with Crippen molar-refractivity contribution in [3.63, 3.8) is 0 Å². The number of carbonyl (C=O) groups excluding carboxylic acids is 1. The van der Waals surface area contributed by atoms with E-state index in [9.17, 15) is 4.79 Å². The maximum absolute atomic E-state index is 12.2. The number of hydrogen-bond acceptors (Lipinski definition) is 5. The van der Waals surface area contributed by atoms with Gasteiger partial charge < -0.3 is 19.5 Å². The van der Waals surface area contributed by atoms with Gasteiger partial charge in [0.2, 0.25) is 0 Å². The molecule has 0 spiro atoms. The summed E-state index contributed by atoms with van der Waals surface area (Å²) in [4.78, 5) is 12.2. The highest BCUT2D eigenvalue weighted by molar-refractivity contribution is 5.93. The summed E-state index contributed by atoms with van der Waals surface area (Å²) in [6.07, 6.45) is 5.51. The van der Waals surface area contributed by atoms with Crippen molar-refractivity contribution < 1.29 is 19.0 Å². The van der Waals surface area contributed by atoms with Crippen molar-refractivity contribution >= 4 is 11.7 Å². The third-order valence-electron chi connectivity index (χ3n) is 5.97. The Balaban J connectivity index is 1.85. The molecule has 28 heavy (non-hydrogen) atoms. The Morgan fingerprint density at radius 1 is 1.07 bits per heavy atom. The molecule has 0 unspecified atom stereocenters. The molecule has 2 aliphatic rings. The maximum Gasteiger partial charge on any atom is 0.338 e. The Labute approximate surface area is 165 Å². The first-order valence-electron chi connectivity index (χ1n) is 9.46. The quantitative estimate of drug-likeness (QED) is 0.620. The molecular formula is C23H25NO4. The van der Waals surface area contributed by atoms with E-state index in [1.54, 1.807) is 14.2 Å². The lowest BCUT2D eigenvalue weighted by Crippen LogP contribution is -2.30. The Kier molecular flexibility index (Phi) is 4.75. The number of allylic oxidation sites excluding steroid dienone is 2. The minimum atomic E-state index is -0.318. The number of benzene rings is 2. The number of para-hydroxylation sites is 1. The normalized spacial score (nSPS) is 22.1. The molecule has 5 heteroatoms. The van der Waals surface area contributed by atoms with E-state index < -0.39 is 0 Å². The second kappa shape index (κ2) is 7.23. The molecule has 1 aliphatic carbocycles. The highest BCUT2D eigenvalue weighted by atomic mass is 16.5. The average molecular weight is 379 g/mol. The molecule has 146 valence electrons. The van der Waals surface area contributed by atoms with Crippen LogP contribution >= 0.6 is 0 Å². The summed E-state index contributed by atoms with van der Waals surface area (Å²) in [7, 11) is 4.73. The van der Waals surface area contributed by atoms with Crippen molar-refractivity contribution in [2.24, 2.45) is 5.92 Å². The first kappa shape index (κ1) is 18.4. The van der Waals surface area contributed by atoms with E-state index in [-0.39, 0.29) is 12.0 Å². The van der Waals surface area contributed by atoms with Crippen LogP contribution in [0, 0.1) is 12.8 Å². The summed E-state index contributed by atoms with van der Waals surface area (Å²) in [6, 6.07) is 9.95. The lowest BCUT2D eigenvalue weighted by molar-refractivity contribution is 0.0600. The molecule has 1 N–H and O–H groups in total. The van der Waals surface area contributed by atoms with Crippen LogP contribution in [0.3, 0.4) is 0 Å². The molecule has 1 heterocycles. The molecule has 3 atom stereocenters. The van der Waals surface area contributed by atoms with E-state index in [0.717, 1.165) is 34.7 Å². The predicted molar refractivity (Wildman–Crippen MR) is 108 cm³/mol. The van der Waals surface area contributed by atoms with Gasteiger partial charge in [-0.05, 0) is 42.5 Å². The molecule has 0 amide bonds. The molecule has 0 radical (unpaired) electrons. The summed E-state index contributed by atoms with van der Waals surface area (Å²) in [6.45, 7) is 1.97. The summed E-state index contributed by atoms with van der Waals surface area (Å²) < 4.78 is 16.2. The summed E-state index contributed by atoms with van der Waals surface area (Å²) >= 11 is 0. The Bertz CT molecular complexity index is 950. The number of carbonyl (C=O) groups is 1. The second-order valence-corrected chi connectivity index (χ2v) is 7.25. The van der Waals surface area contributed by atoms with Crippen molar-refractivity contribution in [1.29, 1.82) is 0 Å². The van der Waals surface area contributed by atoms with Crippen LogP contribution in [-0.2, 0) is 4.74 Å². The van der Waals surface area contributed by atoms with Gasteiger partial charge in [0.05, 0.1) is 32.9 Å². The molecule has 0 saturated carbocycles. The molecule has 0 bridgehead atoms. The van der Waals surface area contributed by atoms with Crippen LogP contribution in [0.15, 0.2) is 42.5 Å². The fraction of sp³-hybridized carbons (Fsp3) is 0.348. The van der Waals surface area contributed by atoms with Crippen LogP contribution in [0.2, 0.25) is 0 Å². The van der Waals surface area contributed by atoms with Crippen LogP contribution in [-0.4, -0.2) is 27.3 Å². The van der Waals surface area contributed by atoms with Crippen molar-refractivity contribution in [2.45, 2.75) is 25.3 Å². The summed E-state index contributed by atoms with van der Waals surface area (Å²) in [5.74, 6) is 1.81. The zero-order valence-corrected chi connectivity index (χ0v) is 16.6. The van der Waals surface area contributed by atoms with Gasteiger partial charge >= 0.3 is 5.97 Å². The number of anilines is 1. The number of esters is 1. The molecule has 2 aromatic rings. The van der Waals surface area contributed by atoms with Gasteiger partial charge in [0.15, 0.2) is 11.5 Å². The van der Waals surface area contributed by atoms with Gasteiger partial charge in [-0.3, -0.25) is 0 Å². The zero-order chi connectivity index (χ0) is 19.8. The van der Waals surface area contributed by atoms with Crippen LogP contribution in [0.5, 0.6) is 11.5 Å². The number of rotatable bonds is 4. The third kappa shape index (κ3) is 2.73. The first-order valence-corrected chi connectivity index (χ1v) is 9.46. The number of hydrogen-bond donors (Lipinski definition) is 1. The fourth-order valence-corrected chi connectivity index (χ4v) is 4.61. The zero-order valence-electron chi connectivity index (χ0n) is 16.6. The van der Waals surface area contributed by atoms with E-state index in [1.807, 2.05) is 31.2 Å². The van der Waals surface area contributed by atoms with E-state index in [4.69, 9.17) is 14.2 Å². The van der Waals surface area contributed by atoms with E-state index >= 15 is 0 Å². The number of fused-ring (bicyclic) bond motifs is 3. The van der Waals surface area contributed by atoms with Gasteiger partial charge in [0.25, 0.3) is 0 Å². The van der Waals surface area contributed by atoms with Crippen LogP contribution in [0.4, 0.5) is 5.69 Å². The van der Waals surface area contributed by atoms with Crippen LogP contribution in [0.25, 0.3) is 0 Å². The third-order valence-corrected chi connectivity index (χ3v) is 5.97. The van der Waals surface area contributed by atoms with Crippen LogP contribution in [0.1, 0.15) is 45.4 Å². The van der Waals surface area contributed by atoms with Crippen molar-refractivity contribution in [2.75, 3.05) is 26.6 Å². The second-order valence-electron chi connectivity index (χ2n) is 7.25. The van der Waals surface area contributed by atoms with Crippen molar-refractivity contribution in [3.8, 4) is 11.5 Å². The summed E-state index contributed by atoms with van der Waals surface area (Å²) in [5.41, 5.74) is 4.79. The van der Waals surface area contributed by atoms with Gasteiger partial charge in [-0.2, -0.15) is 0 Å². The molecular weight excluding hydrogens is 354 g/mol. The largest absolute Gasteiger partial charge is 0.493 e. The van der Waals surface area contributed by atoms with E-state index in [2.05, 4.69) is 23.5 Å². The molecule has 4 rings (SSSR count). The van der Waals surface area contributed by atoms with Crippen molar-refractivity contribution in [1.82, 2.24) is 0 Å². The summed E-state index contributed by atoms with van der Waals surface area (Å²) in [5, 5.41) is 3.72. The fourth-order valence-electron chi connectivity index (χ4n) is 4.61. The smallest absolute Gasteiger partial charge is 0.338 e. The Morgan fingerprint density at radius 3 is 2.61 bits per heavy atom. The Morgan fingerprint density at radius 2 is 1.89 bits per heavy atom. The standard InChI is InChI=1S/C23H25NO4/c1-13-14(23(25)28-4)11-12-17-15-7-5-8-16(15)21(24-20(13)17)18-9-6-10-19(26-2)22(18)27-3/h5-7,9-12,15-16,21,24H,8H2,1-4H3/t15-,16+,21+/m1/s1. The number of methoxy groups -OCH3 is 3. The average Bonchev–Trinajstić information content (AvgIpc) is 3.22. The van der Waals surface area contributed by atoms with Gasteiger partial charge in [-0.25, -0.2) is 4.79 Å². The van der Waals surface area contributed by atoms with E-state index in [0.29, 0.717) is 17.4 Å². The minimum Gasteiger partial charge on any atom is -0.493 e. The molecule has 0 fully saturated rings. The lowest BCUT2D eigenvalue weighted by Gasteiger charge is -2.39. The molecule has 0 saturated heterocycles. The van der Waals surface area contributed by atoms with Gasteiger partial charge in [-0.1, -0.05) is 30.4 Å². The number of ether oxygens (including phenoxy) is 3. The maximum atomic E-state index is 12.2. The SMILES string of the molecule is COC(=O)c1ccc2c(c1C)N[C@H](c1cccc(OC)c1OC)[C@H]1CC=C[C@@H]21. The molecule has 5 nitrogen and oxygen atoms in total. The lowest BCUT2D eigenvalue weighted by atomic mass is 9.75. The Hall–Kier alpha value is -2.95. The molecule has 2 aromatic carbocycles. The highest BCUT2D eigenvalue weighted by Gasteiger charge is 2.40. The minimum absolute atomic E-state index is 0.0455. The van der Waals surface area contributed by atoms with Crippen LogP contribution < -0.4 is 14.8 Å². The van der Waals surface area contributed by atoms with Gasteiger partial charge in [-0.15, -0.1) is 0 Å². The highest BCUT2D eigenvalue weighted by Crippen LogP contribution is 2.53.